The Labute approximate surface area is 105 Å². The third-order valence-corrected chi connectivity index (χ3v) is 3.49. The summed E-state index contributed by atoms with van der Waals surface area (Å²) in [4.78, 5) is 0. The summed E-state index contributed by atoms with van der Waals surface area (Å²) in [6, 6.07) is 8.31. The molecule has 0 radical (unpaired) electrons. The van der Waals surface area contributed by atoms with E-state index >= 15 is 0 Å². The molecule has 0 bridgehead atoms. The zero-order valence-electron chi connectivity index (χ0n) is 9.75. The monoisotopic (exact) mass is 267 g/mol. The van der Waals surface area contributed by atoms with Gasteiger partial charge >= 0.3 is 0 Å². The largest absolute Gasteiger partial charge is 0.398 e. The van der Waals surface area contributed by atoms with Gasteiger partial charge in [-0.1, -0.05) is 23.4 Å². The second kappa shape index (κ2) is 4.69. The fourth-order valence-electron chi connectivity index (χ4n) is 1.47. The van der Waals surface area contributed by atoms with E-state index in [1.54, 1.807) is 31.2 Å². The Kier molecular flexibility index (Phi) is 3.24. The van der Waals surface area contributed by atoms with E-state index in [9.17, 15) is 8.42 Å². The van der Waals surface area contributed by atoms with Crippen molar-refractivity contribution in [3.8, 4) is 0 Å². The topological polar surface area (TPSA) is 98.2 Å². The third-order valence-electron chi connectivity index (χ3n) is 2.28. The normalized spacial score (nSPS) is 11.4. The van der Waals surface area contributed by atoms with Crippen LogP contribution in [0.1, 0.15) is 11.3 Å². The van der Waals surface area contributed by atoms with Gasteiger partial charge in [-0.2, -0.15) is 0 Å². The summed E-state index contributed by atoms with van der Waals surface area (Å²) in [6.07, 6.45) is 0. The van der Waals surface area contributed by atoms with Crippen LogP contribution in [-0.4, -0.2) is 13.6 Å². The number of aryl methyl sites for hydroxylation is 1. The van der Waals surface area contributed by atoms with E-state index in [1.807, 2.05) is 0 Å². The first-order valence-corrected chi connectivity index (χ1v) is 6.89. The number of rotatable bonds is 4. The molecular formula is C11H13N3O3S. The Morgan fingerprint density at radius 2 is 2.11 bits per heavy atom. The highest BCUT2D eigenvalue weighted by atomic mass is 32.2. The van der Waals surface area contributed by atoms with Gasteiger partial charge < -0.3 is 10.3 Å². The molecule has 0 aliphatic carbocycles. The average Bonchev–Trinajstić information content (AvgIpc) is 2.66. The number of aromatic nitrogens is 1. The fourth-order valence-corrected chi connectivity index (χ4v) is 2.62. The molecule has 96 valence electrons. The Balaban J connectivity index is 2.15. The van der Waals surface area contributed by atoms with Crippen molar-refractivity contribution in [2.45, 2.75) is 12.7 Å². The van der Waals surface area contributed by atoms with Crippen LogP contribution in [0.15, 0.2) is 34.9 Å². The van der Waals surface area contributed by atoms with E-state index in [4.69, 9.17) is 10.3 Å². The molecule has 0 spiro atoms. The lowest BCUT2D eigenvalue weighted by atomic mass is 10.2. The number of para-hydroxylation sites is 1. The number of anilines is 2. The second-order valence-corrected chi connectivity index (χ2v) is 5.61. The molecule has 7 heteroatoms. The summed E-state index contributed by atoms with van der Waals surface area (Å²) in [5.74, 6) is -0.110. The standard InChI is InChI=1S/C11H13N3O3S/c1-8-6-11(17-13-8)14-18(15,16)7-9-4-2-3-5-10(9)12/h2-6,14H,7,12H2,1H3. The van der Waals surface area contributed by atoms with Gasteiger partial charge in [0.1, 0.15) is 0 Å². The SMILES string of the molecule is Cc1cc(NS(=O)(=O)Cc2ccccc2N)on1. The smallest absolute Gasteiger partial charge is 0.239 e. The molecule has 0 unspecified atom stereocenters. The van der Waals surface area contributed by atoms with Crippen molar-refractivity contribution in [1.82, 2.24) is 5.16 Å². The van der Waals surface area contributed by atoms with Gasteiger partial charge in [0.05, 0.1) is 11.4 Å². The number of hydrogen-bond donors (Lipinski definition) is 2. The van der Waals surface area contributed by atoms with Crippen molar-refractivity contribution in [2.24, 2.45) is 0 Å². The maximum absolute atomic E-state index is 11.9. The summed E-state index contributed by atoms with van der Waals surface area (Å²) in [6.45, 7) is 1.70. The Morgan fingerprint density at radius 3 is 2.72 bits per heavy atom. The van der Waals surface area contributed by atoms with Crippen molar-refractivity contribution >= 4 is 21.6 Å². The van der Waals surface area contributed by atoms with Crippen LogP contribution in [0.3, 0.4) is 0 Å². The Morgan fingerprint density at radius 1 is 1.39 bits per heavy atom. The van der Waals surface area contributed by atoms with E-state index in [-0.39, 0.29) is 11.6 Å². The summed E-state index contributed by atoms with van der Waals surface area (Å²) in [7, 11) is -3.56. The molecule has 1 aromatic carbocycles. The summed E-state index contributed by atoms with van der Waals surface area (Å²) in [5.41, 5.74) is 7.28. The minimum atomic E-state index is -3.56. The molecule has 6 nitrogen and oxygen atoms in total. The first-order chi connectivity index (χ1) is 8.46. The van der Waals surface area contributed by atoms with Gasteiger partial charge in [-0.05, 0) is 18.6 Å². The van der Waals surface area contributed by atoms with Crippen LogP contribution in [0.25, 0.3) is 0 Å². The van der Waals surface area contributed by atoms with Crippen molar-refractivity contribution < 1.29 is 12.9 Å². The number of sulfonamides is 1. The van der Waals surface area contributed by atoms with Gasteiger partial charge in [0, 0.05) is 11.8 Å². The lowest BCUT2D eigenvalue weighted by Crippen LogP contribution is -2.15. The molecule has 18 heavy (non-hydrogen) atoms. The second-order valence-electron chi connectivity index (χ2n) is 3.89. The molecule has 0 saturated heterocycles. The van der Waals surface area contributed by atoms with Gasteiger partial charge in [-0.25, -0.2) is 8.42 Å². The summed E-state index contributed by atoms with van der Waals surface area (Å²) >= 11 is 0. The Bertz CT molecular complexity index is 649. The molecular weight excluding hydrogens is 254 g/mol. The van der Waals surface area contributed by atoms with E-state index in [1.165, 1.54) is 6.07 Å². The maximum atomic E-state index is 11.9. The number of nitrogens with one attached hydrogen (secondary N) is 1. The number of hydrogen-bond acceptors (Lipinski definition) is 5. The minimum absolute atomic E-state index is 0.0991. The maximum Gasteiger partial charge on any atom is 0.239 e. The lowest BCUT2D eigenvalue weighted by Gasteiger charge is -2.06. The lowest BCUT2D eigenvalue weighted by molar-refractivity contribution is 0.430. The molecule has 0 saturated carbocycles. The first-order valence-electron chi connectivity index (χ1n) is 5.23. The number of nitrogens with zero attached hydrogens (tertiary/aromatic N) is 1. The van der Waals surface area contributed by atoms with Crippen LogP contribution in [-0.2, 0) is 15.8 Å². The summed E-state index contributed by atoms with van der Waals surface area (Å²) in [5, 5.41) is 3.60. The van der Waals surface area contributed by atoms with Crippen molar-refractivity contribution in [3.63, 3.8) is 0 Å². The zero-order valence-corrected chi connectivity index (χ0v) is 10.6. The zero-order chi connectivity index (χ0) is 13.2. The van der Waals surface area contributed by atoms with Crippen molar-refractivity contribution in [1.29, 1.82) is 0 Å². The molecule has 1 heterocycles. The number of nitrogens with two attached hydrogens (primary N) is 1. The average molecular weight is 267 g/mol. The fraction of sp³-hybridized carbons (Fsp3) is 0.182. The highest BCUT2D eigenvalue weighted by Crippen LogP contribution is 2.17. The van der Waals surface area contributed by atoms with Crippen LogP contribution >= 0.6 is 0 Å². The van der Waals surface area contributed by atoms with E-state index in [0.29, 0.717) is 16.9 Å². The molecule has 0 atom stereocenters. The minimum Gasteiger partial charge on any atom is -0.398 e. The molecule has 0 aliphatic heterocycles. The third kappa shape index (κ3) is 3.01. The highest BCUT2D eigenvalue weighted by Gasteiger charge is 2.15. The van der Waals surface area contributed by atoms with Crippen LogP contribution in [0.5, 0.6) is 0 Å². The Hall–Kier alpha value is -2.02. The quantitative estimate of drug-likeness (QED) is 0.818. The van der Waals surface area contributed by atoms with Crippen LogP contribution in [0.2, 0.25) is 0 Å². The van der Waals surface area contributed by atoms with Gasteiger partial charge in [0.15, 0.2) is 0 Å². The van der Waals surface area contributed by atoms with Gasteiger partial charge in [-0.3, -0.25) is 4.72 Å². The molecule has 3 N–H and O–H groups in total. The van der Waals surface area contributed by atoms with Crippen molar-refractivity contribution in [2.75, 3.05) is 10.5 Å². The van der Waals surface area contributed by atoms with E-state index in [0.717, 1.165) is 0 Å². The molecule has 2 aromatic rings. The molecule has 0 aliphatic rings. The predicted molar refractivity (Wildman–Crippen MR) is 68.3 cm³/mol. The molecule has 0 amide bonds. The predicted octanol–water partition coefficient (Wildman–Crippen LogP) is 1.51. The van der Waals surface area contributed by atoms with Gasteiger partial charge in [0.25, 0.3) is 0 Å². The van der Waals surface area contributed by atoms with Crippen LogP contribution < -0.4 is 10.5 Å². The highest BCUT2D eigenvalue weighted by molar-refractivity contribution is 7.91. The van der Waals surface area contributed by atoms with Crippen LogP contribution in [0.4, 0.5) is 11.6 Å². The van der Waals surface area contributed by atoms with Gasteiger partial charge in [0.2, 0.25) is 15.9 Å². The first kappa shape index (κ1) is 12.4. The number of nitrogen functional groups attached to an aromatic ring is 1. The van der Waals surface area contributed by atoms with E-state index < -0.39 is 10.0 Å². The molecule has 0 fully saturated rings. The van der Waals surface area contributed by atoms with Gasteiger partial charge in [-0.15, -0.1) is 0 Å². The molecule has 1 aromatic heterocycles. The molecule has 2 rings (SSSR count). The van der Waals surface area contributed by atoms with Crippen molar-refractivity contribution in [3.05, 3.63) is 41.6 Å². The van der Waals surface area contributed by atoms with Crippen LogP contribution in [0, 0.1) is 6.92 Å². The number of benzene rings is 1. The summed E-state index contributed by atoms with van der Waals surface area (Å²) < 4.78 is 30.9. The van der Waals surface area contributed by atoms with E-state index in [2.05, 4.69) is 9.88 Å².